The van der Waals surface area contributed by atoms with Gasteiger partial charge in [0, 0.05) is 79.9 Å². The number of amides is 4. The van der Waals surface area contributed by atoms with Gasteiger partial charge in [0.1, 0.15) is 18.1 Å². The van der Waals surface area contributed by atoms with E-state index in [2.05, 4.69) is 71.2 Å². The first-order chi connectivity index (χ1) is 30.5. The van der Waals surface area contributed by atoms with E-state index in [-0.39, 0.29) is 43.4 Å². The molecular weight excluding hydrogens is 817 g/mol. The van der Waals surface area contributed by atoms with Crippen LogP contribution in [0.2, 0.25) is 0 Å². The van der Waals surface area contributed by atoms with Crippen molar-refractivity contribution >= 4 is 40.5 Å². The number of methoxy groups -OCH3 is 1. The van der Waals surface area contributed by atoms with Crippen molar-refractivity contribution in [2.75, 3.05) is 40.4 Å². The molecule has 17 nitrogen and oxygen atoms in total. The lowest BCUT2D eigenvalue weighted by molar-refractivity contribution is -0.659. The Morgan fingerprint density at radius 1 is 1.16 bits per heavy atom. The summed E-state index contributed by atoms with van der Waals surface area (Å²) >= 11 is 0. The molecule has 0 radical (unpaired) electrons. The van der Waals surface area contributed by atoms with Gasteiger partial charge in [-0.25, -0.2) is 5.43 Å². The topological polar surface area (TPSA) is 188 Å². The van der Waals surface area contributed by atoms with Crippen LogP contribution < -0.4 is 15.4 Å². The number of H-pyrrole nitrogens is 1. The zero-order valence-electron chi connectivity index (χ0n) is 38.3. The van der Waals surface area contributed by atoms with Crippen molar-refractivity contribution in [2.45, 2.75) is 104 Å². The van der Waals surface area contributed by atoms with E-state index >= 15 is 0 Å². The first kappa shape index (κ1) is 46.1. The number of carbonyl (C=O) groups excluding carboxylic acids is 5. The number of nitrogens with one attached hydrogen (secondary N) is 3. The number of ether oxygens (including phenoxy) is 2. The van der Waals surface area contributed by atoms with E-state index < -0.39 is 47.2 Å². The summed E-state index contributed by atoms with van der Waals surface area (Å²) in [6.07, 6.45) is 6.58. The summed E-state index contributed by atoms with van der Waals surface area (Å²) in [6, 6.07) is 7.39. The first-order valence-corrected chi connectivity index (χ1v) is 22.4. The molecule has 342 valence electrons. The fourth-order valence-electron chi connectivity index (χ4n) is 9.49. The van der Waals surface area contributed by atoms with E-state index in [1.165, 1.54) is 16.0 Å². The van der Waals surface area contributed by atoms with Crippen LogP contribution in [0.4, 0.5) is 0 Å². The Kier molecular flexibility index (Phi) is 13.7. The van der Waals surface area contributed by atoms with Gasteiger partial charge < -0.3 is 29.2 Å². The van der Waals surface area contributed by atoms with Crippen molar-refractivity contribution in [1.82, 2.24) is 45.4 Å². The quantitative estimate of drug-likeness (QED) is 0.121. The molecule has 6 heterocycles. The highest BCUT2D eigenvalue weighted by Crippen LogP contribution is 2.41. The third-order valence-electron chi connectivity index (χ3n) is 12.9. The van der Waals surface area contributed by atoms with Gasteiger partial charge in [0.05, 0.1) is 30.0 Å². The molecule has 64 heavy (non-hydrogen) atoms. The molecule has 5 atom stereocenters. The minimum atomic E-state index is -1.13. The smallest absolute Gasteiger partial charge is 0.324 e. The maximum atomic E-state index is 14.6. The molecule has 2 fully saturated rings. The van der Waals surface area contributed by atoms with Gasteiger partial charge in [-0.2, -0.15) is 0 Å². The van der Waals surface area contributed by atoms with Crippen molar-refractivity contribution in [1.29, 1.82) is 0 Å². The number of carbonyl (C=O) groups is 5. The van der Waals surface area contributed by atoms with Gasteiger partial charge in [-0.3, -0.25) is 34.0 Å². The summed E-state index contributed by atoms with van der Waals surface area (Å²) in [5.41, 5.74) is 8.79. The predicted octanol–water partition coefficient (Wildman–Crippen LogP) is 3.60. The van der Waals surface area contributed by atoms with Crippen LogP contribution in [0.5, 0.6) is 0 Å². The van der Waals surface area contributed by atoms with E-state index in [0.29, 0.717) is 51.0 Å². The molecule has 17 heteroatoms. The van der Waals surface area contributed by atoms with Crippen LogP contribution in [0.15, 0.2) is 55.4 Å². The number of hydrazine groups is 1. The summed E-state index contributed by atoms with van der Waals surface area (Å²) in [5.74, 6) is -2.73. The monoisotopic (exact) mass is 879 g/mol. The van der Waals surface area contributed by atoms with Crippen LogP contribution >= 0.6 is 0 Å². The Bertz CT molecular complexity index is 2420. The van der Waals surface area contributed by atoms with E-state index in [9.17, 15) is 24.0 Å². The summed E-state index contributed by atoms with van der Waals surface area (Å²) in [6.45, 7) is 17.3. The van der Waals surface area contributed by atoms with Crippen molar-refractivity contribution in [3.63, 3.8) is 0 Å². The number of esters is 1. The maximum absolute atomic E-state index is 14.6. The number of rotatable bonds is 10. The molecule has 4 amide bonds. The number of likely N-dealkylation sites (tertiary alicyclic amines) is 1. The highest BCUT2D eigenvalue weighted by Gasteiger charge is 2.41. The normalized spacial score (nSPS) is 21.3. The Morgan fingerprint density at radius 3 is 2.66 bits per heavy atom. The Labute approximate surface area is 374 Å². The molecule has 3 aromatic heterocycles. The molecule has 0 aliphatic carbocycles. The molecule has 1 aromatic carbocycles. The second kappa shape index (κ2) is 19.0. The fourth-order valence-corrected chi connectivity index (χ4v) is 9.49. The van der Waals surface area contributed by atoms with Crippen LogP contribution in [-0.4, -0.2) is 123 Å². The first-order valence-electron chi connectivity index (χ1n) is 22.4. The highest BCUT2D eigenvalue weighted by molar-refractivity contribution is 5.95. The number of aromatic amines is 1. The van der Waals surface area contributed by atoms with E-state index in [4.69, 9.17) is 14.5 Å². The molecular formula is C47H63N10O7+. The molecule has 0 unspecified atom stereocenters. The summed E-state index contributed by atoms with van der Waals surface area (Å²) in [5, 5.41) is 13.1. The third-order valence-corrected chi connectivity index (χ3v) is 12.9. The molecule has 6 bridgehead atoms. The number of pyridine rings is 1. The van der Waals surface area contributed by atoms with Crippen LogP contribution in [0.25, 0.3) is 27.8 Å². The summed E-state index contributed by atoms with van der Waals surface area (Å²) < 4.78 is 16.0. The number of cyclic esters (lactones) is 1. The van der Waals surface area contributed by atoms with Crippen molar-refractivity contribution < 1.29 is 38.1 Å². The Hall–Kier alpha value is -5.94. The molecule has 2 saturated heterocycles. The van der Waals surface area contributed by atoms with Crippen LogP contribution in [0.3, 0.4) is 0 Å². The average Bonchev–Trinajstić information content (AvgIpc) is 4.05. The molecule has 7 rings (SSSR count). The van der Waals surface area contributed by atoms with Gasteiger partial charge in [-0.1, -0.05) is 39.5 Å². The molecule has 3 aliphatic rings. The average molecular weight is 880 g/mol. The SMILES string of the molecule is C=CC(=O)N1CC[C@H](C(=O)N(C)[C@H](C(=O)N[C@H]2Cc3c[n+]([nH]n3)-c3ccc4c(c3)c(c(-c3cccnc3[C@H](C)OC)n4CC)CC(C)(C)COC(=O)[C@@H]3CCCN(N3)C2=O)C(C)C)C1. The van der Waals surface area contributed by atoms with Crippen LogP contribution in [-0.2, 0) is 52.8 Å². The fraction of sp³-hybridized carbons (Fsp3) is 0.532. The standard InChI is InChI=1S/C47H62N10O7/c1-10-39(58)54-21-18-30(25-54)44(60)53(8)41(28(3)4)43(59)49-37-22-31-26-57(52-50-31)32-16-17-38-34(23-32)35(42(55(38)11-2)33-14-12-19-48-40(33)29(5)63-9)24-47(6,7)27-64-46(62)36-15-13-20-56(51-36)45(37)61/h10,12,14,16-17,19,23,26,28-30,36-37,41,51H,1,11,13,15,18,20-22,24-25,27H2,2-9H3,(H,49,59)/p+1/t29-,30-,36-,37-,41-/m0/s1. The summed E-state index contributed by atoms with van der Waals surface area (Å²) in [7, 11) is 3.27. The van der Waals surface area contributed by atoms with Crippen LogP contribution in [0, 0.1) is 17.3 Å². The maximum Gasteiger partial charge on any atom is 0.324 e. The van der Waals surface area contributed by atoms with Crippen LogP contribution in [0.1, 0.15) is 83.9 Å². The lowest BCUT2D eigenvalue weighted by Crippen LogP contribution is -2.62. The zero-order chi connectivity index (χ0) is 46.0. The van der Waals surface area contributed by atoms with Crippen molar-refractivity contribution in [3.05, 3.63) is 72.3 Å². The molecule has 3 N–H and O–H groups in total. The molecule has 0 spiro atoms. The van der Waals surface area contributed by atoms with Gasteiger partial charge >= 0.3 is 5.97 Å². The number of hydrogen-bond donors (Lipinski definition) is 3. The predicted molar refractivity (Wildman–Crippen MR) is 238 cm³/mol. The Balaban J connectivity index is 1.27. The number of nitrogens with zero attached hydrogens (tertiary/aromatic N) is 7. The Morgan fingerprint density at radius 2 is 1.94 bits per heavy atom. The van der Waals surface area contributed by atoms with E-state index in [0.717, 1.165) is 39.1 Å². The van der Waals surface area contributed by atoms with Crippen molar-refractivity contribution in [2.24, 2.45) is 17.3 Å². The zero-order valence-corrected chi connectivity index (χ0v) is 38.3. The molecule has 0 saturated carbocycles. The van der Waals surface area contributed by atoms with E-state index in [1.807, 2.05) is 39.1 Å². The van der Waals surface area contributed by atoms with Gasteiger partial charge in [0.25, 0.3) is 5.91 Å². The number of benzene rings is 1. The minimum absolute atomic E-state index is 0.00457. The number of hydrogen-bond acceptors (Lipinski definition) is 10. The van der Waals surface area contributed by atoms with Crippen molar-refractivity contribution in [3.8, 4) is 16.9 Å². The number of aryl methyl sites for hydroxylation is 1. The lowest BCUT2D eigenvalue weighted by atomic mass is 9.84. The van der Waals surface area contributed by atoms with Gasteiger partial charge in [-0.15, -0.1) is 4.68 Å². The second-order valence-electron chi connectivity index (χ2n) is 18.4. The van der Waals surface area contributed by atoms with E-state index in [1.54, 1.807) is 29.9 Å². The molecule has 4 aromatic rings. The number of aromatic nitrogens is 5. The largest absolute Gasteiger partial charge is 0.464 e. The lowest BCUT2D eigenvalue weighted by Gasteiger charge is -2.36. The number of fused-ring (bicyclic) bond motifs is 6. The van der Waals surface area contributed by atoms with Gasteiger partial charge in [0.2, 0.25) is 23.4 Å². The highest BCUT2D eigenvalue weighted by atomic mass is 16.5. The minimum Gasteiger partial charge on any atom is -0.464 e. The van der Waals surface area contributed by atoms with Gasteiger partial charge in [0.15, 0.2) is 11.9 Å². The summed E-state index contributed by atoms with van der Waals surface area (Å²) in [4.78, 5) is 76.7. The van der Waals surface area contributed by atoms with Gasteiger partial charge in [-0.05, 0) is 87.4 Å². The second-order valence-corrected chi connectivity index (χ2v) is 18.4. The molecule has 3 aliphatic heterocycles. The third kappa shape index (κ3) is 9.32. The number of likely N-dealkylation sites (N-methyl/N-ethyl adjacent to an activating group) is 1.